The van der Waals surface area contributed by atoms with E-state index >= 15 is 0 Å². The van der Waals surface area contributed by atoms with Crippen LogP contribution in [0, 0.1) is 5.92 Å². The second-order valence-electron chi connectivity index (χ2n) is 9.22. The van der Waals surface area contributed by atoms with Crippen molar-refractivity contribution in [2.24, 2.45) is 5.92 Å². The Morgan fingerprint density at radius 1 is 1.09 bits per heavy atom. The van der Waals surface area contributed by atoms with Gasteiger partial charge < -0.3 is 15.0 Å². The number of hydrogen-bond acceptors (Lipinski definition) is 3. The van der Waals surface area contributed by atoms with E-state index in [-0.39, 0.29) is 35.6 Å². The molecule has 5 nitrogen and oxygen atoms in total. The fourth-order valence-corrected chi connectivity index (χ4v) is 4.11. The van der Waals surface area contributed by atoms with Crippen molar-refractivity contribution in [1.82, 2.24) is 10.2 Å². The van der Waals surface area contributed by atoms with Crippen molar-refractivity contribution in [3.63, 3.8) is 0 Å². The SMILES string of the molecule is CC(c1ccc(Br)cc1)N1CCC(CC(C)(C)NC(=O)C2CC2)OC1=O.c1ccccc1. The summed E-state index contributed by atoms with van der Waals surface area (Å²) in [7, 11) is 0. The van der Waals surface area contributed by atoms with Crippen LogP contribution in [0.4, 0.5) is 4.79 Å². The van der Waals surface area contributed by atoms with Crippen LogP contribution < -0.4 is 5.32 Å². The number of nitrogens with zero attached hydrogens (tertiary/aromatic N) is 1. The number of halogens is 1. The summed E-state index contributed by atoms with van der Waals surface area (Å²) in [4.78, 5) is 26.3. The second-order valence-corrected chi connectivity index (χ2v) is 10.1. The zero-order valence-corrected chi connectivity index (χ0v) is 20.7. The third-order valence-electron chi connectivity index (χ3n) is 5.83. The van der Waals surface area contributed by atoms with Gasteiger partial charge in [-0.25, -0.2) is 4.79 Å². The fraction of sp³-hybridized carbons (Fsp3) is 0.462. The maximum atomic E-state index is 12.5. The minimum Gasteiger partial charge on any atom is -0.446 e. The molecule has 0 radical (unpaired) electrons. The van der Waals surface area contributed by atoms with Crippen LogP contribution in [0.25, 0.3) is 0 Å². The lowest BCUT2D eigenvalue weighted by Crippen LogP contribution is -2.50. The first-order chi connectivity index (χ1) is 15.2. The van der Waals surface area contributed by atoms with E-state index in [0.717, 1.165) is 29.3 Å². The Morgan fingerprint density at radius 2 is 1.66 bits per heavy atom. The molecule has 1 saturated carbocycles. The predicted molar refractivity (Wildman–Crippen MR) is 130 cm³/mol. The molecule has 2 aromatic rings. The highest BCUT2D eigenvalue weighted by Crippen LogP contribution is 2.31. The van der Waals surface area contributed by atoms with E-state index in [1.807, 2.05) is 81.4 Å². The number of carbonyl (C=O) groups is 2. The molecule has 1 aliphatic carbocycles. The number of rotatable bonds is 6. The van der Waals surface area contributed by atoms with Gasteiger partial charge in [-0.2, -0.15) is 0 Å². The smallest absolute Gasteiger partial charge is 0.410 e. The Balaban J connectivity index is 0.000000416. The standard InChI is InChI=1S/C20H27BrN2O3.C6H6/c1-13(14-6-8-16(21)9-7-14)23-11-10-17(26-19(23)25)12-20(2,3)22-18(24)15-4-5-15;1-2-4-6-5-3-1/h6-9,13,15,17H,4-5,10-12H2,1-3H3,(H,22,24);1-6H. The van der Waals surface area contributed by atoms with E-state index in [4.69, 9.17) is 4.74 Å². The molecule has 2 unspecified atom stereocenters. The van der Waals surface area contributed by atoms with Crippen LogP contribution in [0.2, 0.25) is 0 Å². The van der Waals surface area contributed by atoms with E-state index in [1.165, 1.54) is 0 Å². The summed E-state index contributed by atoms with van der Waals surface area (Å²) in [5.41, 5.74) is 0.713. The van der Waals surface area contributed by atoms with Crippen molar-refractivity contribution in [3.05, 3.63) is 70.7 Å². The molecule has 2 aromatic carbocycles. The molecule has 1 N–H and O–H groups in total. The summed E-state index contributed by atoms with van der Waals surface area (Å²) in [6.45, 7) is 6.67. The van der Waals surface area contributed by atoms with Crippen LogP contribution in [-0.2, 0) is 9.53 Å². The molecule has 2 fully saturated rings. The van der Waals surface area contributed by atoms with E-state index in [2.05, 4.69) is 21.2 Å². The minimum atomic E-state index is -0.371. The molecule has 0 bridgehead atoms. The molecule has 32 heavy (non-hydrogen) atoms. The lowest BCUT2D eigenvalue weighted by molar-refractivity contribution is -0.124. The molecule has 4 rings (SSSR count). The summed E-state index contributed by atoms with van der Waals surface area (Å²) >= 11 is 3.43. The Labute approximate surface area is 199 Å². The van der Waals surface area contributed by atoms with E-state index in [0.29, 0.717) is 13.0 Å². The predicted octanol–water partition coefficient (Wildman–Crippen LogP) is 6.10. The van der Waals surface area contributed by atoms with Gasteiger partial charge in [-0.1, -0.05) is 64.5 Å². The van der Waals surface area contributed by atoms with Gasteiger partial charge >= 0.3 is 6.09 Å². The topological polar surface area (TPSA) is 58.6 Å². The minimum absolute atomic E-state index is 0.0286. The molecule has 1 heterocycles. The molecule has 2 amide bonds. The number of carbonyl (C=O) groups excluding carboxylic acids is 2. The molecule has 1 saturated heterocycles. The number of ether oxygens (including phenoxy) is 1. The number of benzene rings is 2. The summed E-state index contributed by atoms with van der Waals surface area (Å²) in [5.74, 6) is 0.313. The van der Waals surface area contributed by atoms with Crippen molar-refractivity contribution in [3.8, 4) is 0 Å². The molecular formula is C26H33BrN2O3. The Hall–Kier alpha value is -2.34. The quantitative estimate of drug-likeness (QED) is 0.520. The lowest BCUT2D eigenvalue weighted by Gasteiger charge is -2.38. The molecule has 1 aliphatic heterocycles. The molecule has 0 spiro atoms. The molecule has 172 valence electrons. The maximum Gasteiger partial charge on any atom is 0.410 e. The fourth-order valence-electron chi connectivity index (χ4n) is 3.85. The number of amides is 2. The zero-order chi connectivity index (χ0) is 23.1. The Kier molecular flexibility index (Phi) is 8.35. The van der Waals surface area contributed by atoms with Crippen LogP contribution >= 0.6 is 15.9 Å². The van der Waals surface area contributed by atoms with Gasteiger partial charge in [0.25, 0.3) is 0 Å². The van der Waals surface area contributed by atoms with Gasteiger partial charge in [-0.15, -0.1) is 0 Å². The van der Waals surface area contributed by atoms with Crippen LogP contribution in [0.1, 0.15) is 58.1 Å². The van der Waals surface area contributed by atoms with Gasteiger partial charge in [-0.05, 0) is 51.3 Å². The van der Waals surface area contributed by atoms with Gasteiger partial charge in [0.2, 0.25) is 5.91 Å². The first-order valence-electron chi connectivity index (χ1n) is 11.3. The van der Waals surface area contributed by atoms with E-state index in [9.17, 15) is 9.59 Å². The van der Waals surface area contributed by atoms with Gasteiger partial charge in [0.05, 0.1) is 6.04 Å². The van der Waals surface area contributed by atoms with Gasteiger partial charge in [-0.3, -0.25) is 4.79 Å². The zero-order valence-electron chi connectivity index (χ0n) is 19.1. The third-order valence-corrected chi connectivity index (χ3v) is 6.36. The average Bonchev–Trinajstić information content (AvgIpc) is 3.61. The average molecular weight is 501 g/mol. The van der Waals surface area contributed by atoms with Gasteiger partial charge in [0.1, 0.15) is 6.10 Å². The molecule has 2 aliphatic rings. The highest BCUT2D eigenvalue weighted by atomic mass is 79.9. The van der Waals surface area contributed by atoms with Gasteiger partial charge in [0, 0.05) is 35.3 Å². The third kappa shape index (κ3) is 7.37. The van der Waals surface area contributed by atoms with Crippen molar-refractivity contribution >= 4 is 27.9 Å². The van der Waals surface area contributed by atoms with E-state index < -0.39 is 0 Å². The number of hydrogen-bond donors (Lipinski definition) is 1. The molecule has 0 aromatic heterocycles. The Bertz CT molecular complexity index is 855. The van der Waals surface area contributed by atoms with E-state index in [1.54, 1.807) is 4.90 Å². The molecule has 6 heteroatoms. The Morgan fingerprint density at radius 3 is 2.16 bits per heavy atom. The second kappa shape index (κ2) is 11.0. The monoisotopic (exact) mass is 500 g/mol. The van der Waals surface area contributed by atoms with Crippen LogP contribution in [0.3, 0.4) is 0 Å². The van der Waals surface area contributed by atoms with Crippen molar-refractivity contribution in [1.29, 1.82) is 0 Å². The lowest BCUT2D eigenvalue weighted by atomic mass is 9.93. The first-order valence-corrected chi connectivity index (χ1v) is 12.1. The normalized spacial score (nSPS) is 19.3. The van der Waals surface area contributed by atoms with Crippen LogP contribution in [0.15, 0.2) is 65.1 Å². The summed E-state index contributed by atoms with van der Waals surface area (Å²) in [6.07, 6.45) is 2.95. The van der Waals surface area contributed by atoms with Gasteiger partial charge in [0.15, 0.2) is 0 Å². The van der Waals surface area contributed by atoms with Crippen LogP contribution in [-0.4, -0.2) is 35.1 Å². The summed E-state index contributed by atoms with van der Waals surface area (Å²) in [6, 6.07) is 20.0. The highest BCUT2D eigenvalue weighted by Gasteiger charge is 2.37. The number of nitrogens with one attached hydrogen (secondary N) is 1. The van der Waals surface area contributed by atoms with Crippen molar-refractivity contribution < 1.29 is 14.3 Å². The maximum absolute atomic E-state index is 12.5. The van der Waals surface area contributed by atoms with Crippen LogP contribution in [0.5, 0.6) is 0 Å². The largest absolute Gasteiger partial charge is 0.446 e. The summed E-state index contributed by atoms with van der Waals surface area (Å²) in [5, 5.41) is 3.10. The molecule has 2 atom stereocenters. The van der Waals surface area contributed by atoms with Crippen molar-refractivity contribution in [2.75, 3.05) is 6.54 Å². The highest BCUT2D eigenvalue weighted by molar-refractivity contribution is 9.10. The van der Waals surface area contributed by atoms with Crippen molar-refractivity contribution in [2.45, 2.75) is 64.1 Å². The first kappa shape index (κ1) is 24.3. The molecular weight excluding hydrogens is 468 g/mol. The number of cyclic esters (lactones) is 1. The summed E-state index contributed by atoms with van der Waals surface area (Å²) < 4.78 is 6.70.